The number of benzene rings is 1. The lowest BCUT2D eigenvalue weighted by Crippen LogP contribution is -2.20. The lowest BCUT2D eigenvalue weighted by molar-refractivity contribution is -0.120. The summed E-state index contributed by atoms with van der Waals surface area (Å²) in [7, 11) is 1.65. The fraction of sp³-hybridized carbons (Fsp3) is 0.417. The first-order chi connectivity index (χ1) is 7.26. The standard InChI is InChI=1S/C12H18N2O/c1-3-10-4-6-11(7-5-10)14-9-8-12(15)13-2/h4-7,14H,3,8-9H2,1-2H3,(H,13,15). The number of hydrogen-bond acceptors (Lipinski definition) is 2. The first-order valence-electron chi connectivity index (χ1n) is 5.29. The number of rotatable bonds is 5. The predicted octanol–water partition coefficient (Wildman–Crippen LogP) is 1.80. The molecule has 1 aromatic rings. The van der Waals surface area contributed by atoms with Crippen molar-refractivity contribution >= 4 is 11.6 Å². The number of hydrogen-bond donors (Lipinski definition) is 2. The summed E-state index contributed by atoms with van der Waals surface area (Å²) in [5, 5.41) is 5.79. The van der Waals surface area contributed by atoms with Gasteiger partial charge in [0.1, 0.15) is 0 Å². The van der Waals surface area contributed by atoms with Crippen molar-refractivity contribution in [2.24, 2.45) is 0 Å². The monoisotopic (exact) mass is 206 g/mol. The summed E-state index contributed by atoms with van der Waals surface area (Å²) in [6.45, 7) is 2.80. The van der Waals surface area contributed by atoms with Gasteiger partial charge in [0.25, 0.3) is 0 Å². The summed E-state index contributed by atoms with van der Waals surface area (Å²) in [5.74, 6) is 0.0627. The van der Waals surface area contributed by atoms with Gasteiger partial charge in [-0.2, -0.15) is 0 Å². The molecule has 1 aromatic carbocycles. The van der Waals surface area contributed by atoms with Crippen molar-refractivity contribution in [1.82, 2.24) is 5.32 Å². The average molecular weight is 206 g/mol. The van der Waals surface area contributed by atoms with Crippen LogP contribution in [0.25, 0.3) is 0 Å². The Labute approximate surface area is 90.9 Å². The molecule has 0 saturated heterocycles. The van der Waals surface area contributed by atoms with Crippen LogP contribution in [0.5, 0.6) is 0 Å². The fourth-order valence-corrected chi connectivity index (χ4v) is 1.30. The number of nitrogens with one attached hydrogen (secondary N) is 2. The summed E-state index contributed by atoms with van der Waals surface area (Å²) in [6.07, 6.45) is 1.56. The van der Waals surface area contributed by atoms with Crippen LogP contribution in [0.1, 0.15) is 18.9 Å². The first-order valence-corrected chi connectivity index (χ1v) is 5.29. The van der Waals surface area contributed by atoms with E-state index in [-0.39, 0.29) is 5.91 Å². The van der Waals surface area contributed by atoms with E-state index in [1.165, 1.54) is 5.56 Å². The Morgan fingerprint density at radius 2 is 1.93 bits per heavy atom. The third-order valence-corrected chi connectivity index (χ3v) is 2.32. The van der Waals surface area contributed by atoms with Crippen LogP contribution in [0.4, 0.5) is 5.69 Å². The van der Waals surface area contributed by atoms with Crippen molar-refractivity contribution in [1.29, 1.82) is 0 Å². The van der Waals surface area contributed by atoms with Gasteiger partial charge in [0.05, 0.1) is 0 Å². The Hall–Kier alpha value is -1.51. The molecule has 0 bridgehead atoms. The highest BCUT2D eigenvalue weighted by Gasteiger charge is 1.97. The molecule has 0 spiro atoms. The molecule has 1 amide bonds. The Kier molecular flexibility index (Phi) is 4.68. The third kappa shape index (κ3) is 4.02. The van der Waals surface area contributed by atoms with Crippen molar-refractivity contribution in [2.45, 2.75) is 19.8 Å². The van der Waals surface area contributed by atoms with Crippen molar-refractivity contribution < 1.29 is 4.79 Å². The van der Waals surface area contributed by atoms with Gasteiger partial charge < -0.3 is 10.6 Å². The second-order valence-corrected chi connectivity index (χ2v) is 3.40. The SMILES string of the molecule is CCc1ccc(NCCC(=O)NC)cc1. The maximum atomic E-state index is 11.0. The van der Waals surface area contributed by atoms with Gasteiger partial charge in [-0.05, 0) is 24.1 Å². The molecule has 0 unspecified atom stereocenters. The number of aryl methyl sites for hydroxylation is 1. The minimum atomic E-state index is 0.0627. The molecule has 3 heteroatoms. The molecule has 1 rings (SSSR count). The van der Waals surface area contributed by atoms with Gasteiger partial charge in [0.15, 0.2) is 0 Å². The average Bonchev–Trinajstić information content (AvgIpc) is 2.29. The predicted molar refractivity (Wildman–Crippen MR) is 63.0 cm³/mol. The number of anilines is 1. The molecule has 0 aliphatic rings. The minimum absolute atomic E-state index is 0.0627. The Bertz CT molecular complexity index is 306. The normalized spacial score (nSPS) is 9.73. The van der Waals surface area contributed by atoms with E-state index in [2.05, 4.69) is 29.7 Å². The summed E-state index contributed by atoms with van der Waals surface area (Å²) in [5.41, 5.74) is 2.39. The van der Waals surface area contributed by atoms with Gasteiger partial charge in [0.2, 0.25) is 5.91 Å². The van der Waals surface area contributed by atoms with Crippen LogP contribution >= 0.6 is 0 Å². The molecule has 0 fully saturated rings. The number of carbonyl (C=O) groups is 1. The molecule has 0 radical (unpaired) electrons. The van der Waals surface area contributed by atoms with E-state index in [9.17, 15) is 4.79 Å². The smallest absolute Gasteiger partial charge is 0.221 e. The Balaban J connectivity index is 2.34. The zero-order chi connectivity index (χ0) is 11.1. The van der Waals surface area contributed by atoms with E-state index < -0.39 is 0 Å². The van der Waals surface area contributed by atoms with Gasteiger partial charge in [0, 0.05) is 25.7 Å². The van der Waals surface area contributed by atoms with Gasteiger partial charge in [-0.3, -0.25) is 4.79 Å². The third-order valence-electron chi connectivity index (χ3n) is 2.32. The first kappa shape index (κ1) is 11.6. The second-order valence-electron chi connectivity index (χ2n) is 3.40. The van der Waals surface area contributed by atoms with E-state index in [1.54, 1.807) is 7.05 Å². The molecule has 2 N–H and O–H groups in total. The topological polar surface area (TPSA) is 41.1 Å². The molecule has 3 nitrogen and oxygen atoms in total. The van der Waals surface area contributed by atoms with Gasteiger partial charge in [-0.1, -0.05) is 19.1 Å². The van der Waals surface area contributed by atoms with Crippen molar-refractivity contribution in [3.63, 3.8) is 0 Å². The van der Waals surface area contributed by atoms with E-state index in [0.29, 0.717) is 13.0 Å². The van der Waals surface area contributed by atoms with Crippen LogP contribution in [-0.2, 0) is 11.2 Å². The van der Waals surface area contributed by atoms with Crippen LogP contribution in [0, 0.1) is 0 Å². The zero-order valence-corrected chi connectivity index (χ0v) is 9.34. The van der Waals surface area contributed by atoms with E-state index in [4.69, 9.17) is 0 Å². The maximum Gasteiger partial charge on any atom is 0.221 e. The van der Waals surface area contributed by atoms with E-state index in [1.807, 2.05) is 12.1 Å². The van der Waals surface area contributed by atoms with E-state index >= 15 is 0 Å². The van der Waals surface area contributed by atoms with Crippen LogP contribution in [-0.4, -0.2) is 19.5 Å². The van der Waals surface area contributed by atoms with Crippen LogP contribution in [0.15, 0.2) is 24.3 Å². The van der Waals surface area contributed by atoms with Crippen molar-refractivity contribution in [3.8, 4) is 0 Å². The second kappa shape index (κ2) is 6.06. The van der Waals surface area contributed by atoms with Crippen molar-refractivity contribution in [3.05, 3.63) is 29.8 Å². The van der Waals surface area contributed by atoms with Gasteiger partial charge in [-0.25, -0.2) is 0 Å². The lowest BCUT2D eigenvalue weighted by Gasteiger charge is -2.06. The van der Waals surface area contributed by atoms with Crippen LogP contribution in [0.2, 0.25) is 0 Å². The highest BCUT2D eigenvalue weighted by molar-refractivity contribution is 5.76. The highest BCUT2D eigenvalue weighted by Crippen LogP contribution is 2.09. The molecule has 0 aromatic heterocycles. The Morgan fingerprint density at radius 1 is 1.27 bits per heavy atom. The van der Waals surface area contributed by atoms with Crippen molar-refractivity contribution in [2.75, 3.05) is 18.9 Å². The Morgan fingerprint density at radius 3 is 2.47 bits per heavy atom. The summed E-state index contributed by atoms with van der Waals surface area (Å²) >= 11 is 0. The van der Waals surface area contributed by atoms with Crippen LogP contribution < -0.4 is 10.6 Å². The minimum Gasteiger partial charge on any atom is -0.385 e. The molecule has 0 aliphatic heterocycles. The van der Waals surface area contributed by atoms with E-state index in [0.717, 1.165) is 12.1 Å². The number of carbonyl (C=O) groups excluding carboxylic acids is 1. The quantitative estimate of drug-likeness (QED) is 0.771. The molecule has 15 heavy (non-hydrogen) atoms. The van der Waals surface area contributed by atoms with Gasteiger partial charge >= 0.3 is 0 Å². The molecular formula is C12H18N2O. The summed E-state index contributed by atoms with van der Waals surface area (Å²) < 4.78 is 0. The summed E-state index contributed by atoms with van der Waals surface area (Å²) in [4.78, 5) is 11.0. The molecular weight excluding hydrogens is 188 g/mol. The largest absolute Gasteiger partial charge is 0.385 e. The molecule has 0 aliphatic carbocycles. The molecule has 0 saturated carbocycles. The maximum absolute atomic E-state index is 11.0. The summed E-state index contributed by atoms with van der Waals surface area (Å²) in [6, 6.07) is 8.29. The molecule has 0 atom stereocenters. The highest BCUT2D eigenvalue weighted by atomic mass is 16.1. The van der Waals surface area contributed by atoms with Gasteiger partial charge in [-0.15, -0.1) is 0 Å². The van der Waals surface area contributed by atoms with Crippen LogP contribution in [0.3, 0.4) is 0 Å². The lowest BCUT2D eigenvalue weighted by atomic mass is 10.1. The molecule has 82 valence electrons. The molecule has 0 heterocycles. The fourth-order valence-electron chi connectivity index (χ4n) is 1.30. The number of amides is 1. The zero-order valence-electron chi connectivity index (χ0n) is 9.34.